The Morgan fingerprint density at radius 1 is 1.50 bits per heavy atom. The topological polar surface area (TPSA) is 60.2 Å². The minimum Gasteiger partial charge on any atom is -0.229 e. The minimum absolute atomic E-state index is 0. The molecule has 0 aromatic carbocycles. The van der Waals surface area contributed by atoms with Gasteiger partial charge in [-0.15, -0.1) is 0 Å². The molecule has 0 rings (SSSR count). The lowest BCUT2D eigenvalue weighted by atomic mass is 10.8. The minimum atomic E-state index is -3.17. The average molecular weight is 106 g/mol. The van der Waals surface area contributed by atoms with Crippen molar-refractivity contribution in [2.45, 2.75) is 0 Å². The van der Waals surface area contributed by atoms with Crippen molar-refractivity contribution >= 4 is 18.4 Å². The Hall–Kier alpha value is -0.0251. The molecule has 5 heteroatoms. The zero-order valence-corrected chi connectivity index (χ0v) is 4.20. The Bertz CT molecular complexity index is 96.7. The van der Waals surface area contributed by atoms with Crippen LogP contribution in [0.4, 0.5) is 0 Å². The highest BCUT2D eigenvalue weighted by molar-refractivity contribution is 7.88. The lowest BCUT2D eigenvalue weighted by Gasteiger charge is -1.71. The molecule has 0 fully saturated rings. The summed E-state index contributed by atoms with van der Waals surface area (Å²) in [6.07, 6.45) is 0.938. The van der Waals surface area contributed by atoms with Gasteiger partial charge in [-0.3, -0.25) is 0 Å². The van der Waals surface area contributed by atoms with Gasteiger partial charge in [0.2, 0.25) is 10.0 Å². The molecule has 2 N–H and O–H groups in total. The molecule has 0 unspecified atom stereocenters. The first-order valence-corrected chi connectivity index (χ1v) is 2.93. The smallest absolute Gasteiger partial charge is 0.206 e. The Morgan fingerprint density at radius 2 is 1.50 bits per heavy atom. The molecule has 0 aromatic heterocycles. The quantitative estimate of drug-likeness (QED) is 0.383. The van der Waals surface area contributed by atoms with Gasteiger partial charge in [0.1, 0.15) is 0 Å². The molecule has 35 valence electrons. The van der Waals surface area contributed by atoms with Gasteiger partial charge < -0.3 is 0 Å². The van der Waals surface area contributed by atoms with Gasteiger partial charge in [0.25, 0.3) is 0 Å². The average Bonchev–Trinajstić information content (AvgIpc) is 0.722. The molecule has 0 aromatic rings. The fraction of sp³-hybridized carbons (Fsp3) is 1.00. The van der Waals surface area contributed by atoms with E-state index in [0.717, 1.165) is 6.26 Å². The van der Waals surface area contributed by atoms with Crippen molar-refractivity contribution in [3.63, 3.8) is 0 Å². The van der Waals surface area contributed by atoms with Gasteiger partial charge in [0, 0.05) is 8.41 Å². The Kier molecular flexibility index (Phi) is 3.43. The zero-order valence-electron chi connectivity index (χ0n) is 3.38. The summed E-state index contributed by atoms with van der Waals surface area (Å²) in [7, 11) is -3.17. The van der Waals surface area contributed by atoms with E-state index in [9.17, 15) is 8.42 Å². The third-order valence-electron chi connectivity index (χ3n) is 0. The van der Waals surface area contributed by atoms with Crippen LogP contribution in [0.3, 0.4) is 0 Å². The molecule has 0 bridgehead atoms. The molecule has 3 radical (unpaired) electrons. The summed E-state index contributed by atoms with van der Waals surface area (Å²) in [5.41, 5.74) is 0. The van der Waals surface area contributed by atoms with Crippen molar-refractivity contribution < 1.29 is 8.42 Å². The Balaban J connectivity index is 0. The standard InChI is InChI=1S/CH5NO2S.B/c1-5(2,3)4;/h1H3,(H2,2,3,4);. The van der Waals surface area contributed by atoms with Crippen LogP contribution >= 0.6 is 0 Å². The predicted octanol–water partition coefficient (Wildman–Crippen LogP) is -1.48. The number of sulfonamides is 1. The highest BCUT2D eigenvalue weighted by atomic mass is 32.2. The van der Waals surface area contributed by atoms with Crippen LogP contribution in [0.15, 0.2) is 0 Å². The van der Waals surface area contributed by atoms with Crippen LogP contribution in [0, 0.1) is 0 Å². The van der Waals surface area contributed by atoms with E-state index in [1.54, 1.807) is 0 Å². The lowest BCUT2D eigenvalue weighted by Crippen LogP contribution is -2.07. The van der Waals surface area contributed by atoms with Gasteiger partial charge in [-0.05, 0) is 0 Å². The molecule has 0 aliphatic heterocycles. The molecular formula is CH5BNO2S. The van der Waals surface area contributed by atoms with Crippen LogP contribution in [0.2, 0.25) is 0 Å². The number of nitrogens with two attached hydrogens (primary N) is 1. The normalized spacial score (nSPS) is 9.67. The van der Waals surface area contributed by atoms with E-state index >= 15 is 0 Å². The summed E-state index contributed by atoms with van der Waals surface area (Å²) in [6.45, 7) is 0. The maximum Gasteiger partial charge on any atom is 0.206 e. The monoisotopic (exact) mass is 106 g/mol. The number of primary sulfonamides is 1. The predicted molar refractivity (Wildman–Crippen MR) is 24.8 cm³/mol. The Labute approximate surface area is 39.2 Å². The maximum atomic E-state index is 9.41. The highest BCUT2D eigenvalue weighted by Crippen LogP contribution is 1.52. The van der Waals surface area contributed by atoms with Crippen molar-refractivity contribution in [1.29, 1.82) is 0 Å². The summed E-state index contributed by atoms with van der Waals surface area (Å²) >= 11 is 0. The first-order chi connectivity index (χ1) is 2.00. The SMILES string of the molecule is CS(N)(=O)=O.[B]. The zero-order chi connectivity index (χ0) is 4.50. The van der Waals surface area contributed by atoms with Crippen LogP contribution in [-0.4, -0.2) is 23.1 Å². The fourth-order valence-electron chi connectivity index (χ4n) is 0. The van der Waals surface area contributed by atoms with E-state index < -0.39 is 10.0 Å². The van der Waals surface area contributed by atoms with E-state index in [4.69, 9.17) is 0 Å². The summed E-state index contributed by atoms with van der Waals surface area (Å²) in [5.74, 6) is 0. The molecule has 6 heavy (non-hydrogen) atoms. The van der Waals surface area contributed by atoms with Crippen LogP contribution in [0.5, 0.6) is 0 Å². The fourth-order valence-corrected chi connectivity index (χ4v) is 0. The van der Waals surface area contributed by atoms with Gasteiger partial charge in [0.05, 0.1) is 6.26 Å². The second-order valence-electron chi connectivity index (χ2n) is 0.830. The third kappa shape index (κ3) is 56000. The molecule has 0 spiro atoms. The number of rotatable bonds is 0. The van der Waals surface area contributed by atoms with Gasteiger partial charge in [0.15, 0.2) is 0 Å². The summed E-state index contributed by atoms with van der Waals surface area (Å²) in [6, 6.07) is 0. The molecule has 0 heterocycles. The summed E-state index contributed by atoms with van der Waals surface area (Å²) in [5, 5.41) is 4.33. The summed E-state index contributed by atoms with van der Waals surface area (Å²) in [4.78, 5) is 0. The highest BCUT2D eigenvalue weighted by Gasteiger charge is 1.78. The van der Waals surface area contributed by atoms with Crippen molar-refractivity contribution in [3.05, 3.63) is 0 Å². The molecule has 0 aliphatic rings. The number of hydrogen-bond acceptors (Lipinski definition) is 2. The van der Waals surface area contributed by atoms with E-state index in [0.29, 0.717) is 0 Å². The van der Waals surface area contributed by atoms with Gasteiger partial charge >= 0.3 is 0 Å². The lowest BCUT2D eigenvalue weighted by molar-refractivity contribution is 0.603. The molecule has 0 aliphatic carbocycles. The molecule has 0 saturated heterocycles. The van der Waals surface area contributed by atoms with E-state index in [1.807, 2.05) is 0 Å². The van der Waals surface area contributed by atoms with Crippen molar-refractivity contribution in [3.8, 4) is 0 Å². The van der Waals surface area contributed by atoms with Crippen molar-refractivity contribution in [2.24, 2.45) is 5.14 Å². The van der Waals surface area contributed by atoms with Crippen LogP contribution in [-0.2, 0) is 10.0 Å². The van der Waals surface area contributed by atoms with E-state index in [1.165, 1.54) is 0 Å². The number of hydrogen-bond donors (Lipinski definition) is 1. The van der Waals surface area contributed by atoms with E-state index in [2.05, 4.69) is 5.14 Å². The molecule has 0 atom stereocenters. The first-order valence-electron chi connectivity index (χ1n) is 0.977. The van der Waals surface area contributed by atoms with Crippen LogP contribution in [0.1, 0.15) is 0 Å². The van der Waals surface area contributed by atoms with Crippen LogP contribution in [0.25, 0.3) is 0 Å². The van der Waals surface area contributed by atoms with Gasteiger partial charge in [-0.25, -0.2) is 13.6 Å². The van der Waals surface area contributed by atoms with Gasteiger partial charge in [-0.1, -0.05) is 0 Å². The molecule has 0 amide bonds. The van der Waals surface area contributed by atoms with E-state index in [-0.39, 0.29) is 8.41 Å². The molecule has 3 nitrogen and oxygen atoms in total. The summed E-state index contributed by atoms with van der Waals surface area (Å²) < 4.78 is 18.8. The van der Waals surface area contributed by atoms with Crippen molar-refractivity contribution in [1.82, 2.24) is 0 Å². The second kappa shape index (κ2) is 2.20. The molecule has 0 saturated carbocycles. The van der Waals surface area contributed by atoms with Crippen LogP contribution < -0.4 is 5.14 Å². The first kappa shape index (κ1) is 9.36. The second-order valence-corrected chi connectivity index (χ2v) is 2.49. The third-order valence-corrected chi connectivity index (χ3v) is 0. The van der Waals surface area contributed by atoms with Gasteiger partial charge in [-0.2, -0.15) is 0 Å². The maximum absolute atomic E-state index is 9.41. The van der Waals surface area contributed by atoms with Crippen molar-refractivity contribution in [2.75, 3.05) is 6.26 Å². The molecular weight excluding hydrogens is 101 g/mol. The largest absolute Gasteiger partial charge is 0.229 e. The Morgan fingerprint density at radius 3 is 1.50 bits per heavy atom.